The molecule has 3 rings (SSSR count). The first kappa shape index (κ1) is 17.8. The Kier molecular flexibility index (Phi) is 5.32. The van der Waals surface area contributed by atoms with Crippen molar-refractivity contribution in [1.82, 2.24) is 20.1 Å². The van der Waals surface area contributed by atoms with Gasteiger partial charge in [0.2, 0.25) is 5.91 Å². The van der Waals surface area contributed by atoms with Gasteiger partial charge in [-0.2, -0.15) is 5.10 Å². The lowest BCUT2D eigenvalue weighted by molar-refractivity contribution is -0.131. The molecular formula is C18H25N5OS. The van der Waals surface area contributed by atoms with Crippen LogP contribution >= 0.6 is 11.3 Å². The number of carbonyl (C=O) groups is 1. The number of carbonyl (C=O) groups excluding carboxylic acids is 1. The number of piperazine rings is 1. The van der Waals surface area contributed by atoms with E-state index in [4.69, 9.17) is 0 Å². The smallest absolute Gasteiger partial charge is 0.229 e. The monoisotopic (exact) mass is 359 g/mol. The van der Waals surface area contributed by atoms with Gasteiger partial charge < -0.3 is 9.80 Å². The minimum absolute atomic E-state index is 0.158. The van der Waals surface area contributed by atoms with Crippen molar-refractivity contribution in [3.8, 4) is 0 Å². The van der Waals surface area contributed by atoms with Crippen molar-refractivity contribution in [3.05, 3.63) is 33.9 Å². The molecule has 134 valence electrons. The summed E-state index contributed by atoms with van der Waals surface area (Å²) in [6.07, 6.45) is 2.29. The lowest BCUT2D eigenvalue weighted by Gasteiger charge is -2.40. The van der Waals surface area contributed by atoms with Crippen molar-refractivity contribution < 1.29 is 4.79 Å². The molecule has 7 heteroatoms. The SMILES string of the molecule is Cc1ccc(N2CCN(C(=O)Cc3ncc(C(C)C)s3)C[C@@H]2C)nn1. The van der Waals surface area contributed by atoms with Crippen LogP contribution in [0.5, 0.6) is 0 Å². The third-order valence-corrected chi connectivity index (χ3v) is 5.80. The standard InChI is InChI=1S/C18H25N5OS/c1-12(2)15-10-19-17(25-15)9-18(24)22-7-8-23(14(4)11-22)16-6-5-13(3)20-21-16/h5-6,10,12,14H,7-9,11H2,1-4H3/t14-/m0/s1. The molecule has 1 fully saturated rings. The molecule has 2 aromatic heterocycles. The Labute approximate surface area is 152 Å². The molecule has 0 bridgehead atoms. The normalized spacial score (nSPS) is 18.0. The van der Waals surface area contributed by atoms with Gasteiger partial charge in [0.25, 0.3) is 0 Å². The first-order valence-corrected chi connectivity index (χ1v) is 9.55. The number of nitrogens with zero attached hydrogens (tertiary/aromatic N) is 5. The Hall–Kier alpha value is -2.02. The Morgan fingerprint density at radius 2 is 2.12 bits per heavy atom. The zero-order valence-corrected chi connectivity index (χ0v) is 16.1. The van der Waals surface area contributed by atoms with Crippen LogP contribution in [0.1, 0.15) is 42.3 Å². The van der Waals surface area contributed by atoms with Gasteiger partial charge in [0, 0.05) is 36.8 Å². The highest BCUT2D eigenvalue weighted by Crippen LogP contribution is 2.23. The lowest BCUT2D eigenvalue weighted by Crippen LogP contribution is -2.54. The summed E-state index contributed by atoms with van der Waals surface area (Å²) in [6, 6.07) is 4.19. The van der Waals surface area contributed by atoms with Crippen LogP contribution in [0.15, 0.2) is 18.3 Å². The van der Waals surface area contributed by atoms with Crippen LogP contribution in [0.2, 0.25) is 0 Å². The molecule has 0 spiro atoms. The van der Waals surface area contributed by atoms with E-state index in [0.29, 0.717) is 25.4 Å². The molecule has 3 heterocycles. The average Bonchev–Trinajstić information content (AvgIpc) is 3.04. The number of aromatic nitrogens is 3. The van der Waals surface area contributed by atoms with E-state index in [2.05, 4.69) is 40.9 Å². The summed E-state index contributed by atoms with van der Waals surface area (Å²) in [6.45, 7) is 10.5. The second kappa shape index (κ2) is 7.47. The zero-order chi connectivity index (χ0) is 18.0. The van der Waals surface area contributed by atoms with Gasteiger partial charge in [-0.25, -0.2) is 4.98 Å². The summed E-state index contributed by atoms with van der Waals surface area (Å²) in [5.74, 6) is 1.50. The minimum Gasteiger partial charge on any atom is -0.349 e. The quantitative estimate of drug-likeness (QED) is 0.840. The van der Waals surface area contributed by atoms with Crippen LogP contribution in [0.3, 0.4) is 0 Å². The maximum Gasteiger partial charge on any atom is 0.229 e. The summed E-state index contributed by atoms with van der Waals surface area (Å²) >= 11 is 1.65. The molecule has 0 aliphatic carbocycles. The molecule has 1 amide bonds. The van der Waals surface area contributed by atoms with Gasteiger partial charge in [-0.05, 0) is 31.9 Å². The van der Waals surface area contributed by atoms with Gasteiger partial charge in [-0.15, -0.1) is 16.4 Å². The molecule has 2 aromatic rings. The first-order valence-electron chi connectivity index (χ1n) is 8.73. The number of amides is 1. The number of rotatable bonds is 4. The van der Waals surface area contributed by atoms with Gasteiger partial charge in [-0.1, -0.05) is 13.8 Å². The van der Waals surface area contributed by atoms with Crippen LogP contribution < -0.4 is 4.90 Å². The molecule has 1 atom stereocenters. The van der Waals surface area contributed by atoms with E-state index in [9.17, 15) is 4.79 Å². The van der Waals surface area contributed by atoms with E-state index in [0.717, 1.165) is 23.1 Å². The van der Waals surface area contributed by atoms with Crippen molar-refractivity contribution in [2.75, 3.05) is 24.5 Å². The number of anilines is 1. The van der Waals surface area contributed by atoms with Gasteiger partial charge >= 0.3 is 0 Å². The fourth-order valence-electron chi connectivity index (χ4n) is 2.98. The van der Waals surface area contributed by atoms with Crippen molar-refractivity contribution in [2.45, 2.75) is 46.1 Å². The average molecular weight is 359 g/mol. The van der Waals surface area contributed by atoms with E-state index >= 15 is 0 Å². The zero-order valence-electron chi connectivity index (χ0n) is 15.3. The molecule has 1 aliphatic rings. The summed E-state index contributed by atoms with van der Waals surface area (Å²) in [7, 11) is 0. The van der Waals surface area contributed by atoms with Crippen LogP contribution in [0.25, 0.3) is 0 Å². The summed E-state index contributed by atoms with van der Waals surface area (Å²) < 4.78 is 0. The largest absolute Gasteiger partial charge is 0.349 e. The van der Waals surface area contributed by atoms with E-state index in [1.165, 1.54) is 4.88 Å². The maximum atomic E-state index is 12.6. The van der Waals surface area contributed by atoms with Gasteiger partial charge in [0.15, 0.2) is 5.82 Å². The molecule has 0 saturated carbocycles. The second-order valence-corrected chi connectivity index (χ2v) is 8.05. The van der Waals surface area contributed by atoms with E-state index < -0.39 is 0 Å². The summed E-state index contributed by atoms with van der Waals surface area (Å²) in [4.78, 5) is 22.4. The minimum atomic E-state index is 0.158. The van der Waals surface area contributed by atoms with Gasteiger partial charge in [0.1, 0.15) is 5.01 Å². The molecule has 0 unspecified atom stereocenters. The number of hydrogen-bond donors (Lipinski definition) is 0. The van der Waals surface area contributed by atoms with E-state index in [1.54, 1.807) is 11.3 Å². The fourth-order valence-corrected chi connectivity index (χ4v) is 3.90. The third kappa shape index (κ3) is 4.15. The van der Waals surface area contributed by atoms with Crippen molar-refractivity contribution >= 4 is 23.1 Å². The summed E-state index contributed by atoms with van der Waals surface area (Å²) in [5, 5.41) is 9.32. The first-order chi connectivity index (χ1) is 11.9. The third-order valence-electron chi connectivity index (χ3n) is 4.50. The molecular weight excluding hydrogens is 334 g/mol. The molecule has 25 heavy (non-hydrogen) atoms. The van der Waals surface area contributed by atoms with Crippen molar-refractivity contribution in [3.63, 3.8) is 0 Å². The Morgan fingerprint density at radius 1 is 1.32 bits per heavy atom. The maximum absolute atomic E-state index is 12.6. The van der Waals surface area contributed by atoms with Gasteiger partial charge in [0.05, 0.1) is 12.1 Å². The number of thiazole rings is 1. The van der Waals surface area contributed by atoms with Gasteiger partial charge in [-0.3, -0.25) is 4.79 Å². The highest BCUT2D eigenvalue weighted by atomic mass is 32.1. The lowest BCUT2D eigenvalue weighted by atomic mass is 10.1. The number of aryl methyl sites for hydroxylation is 1. The number of hydrogen-bond acceptors (Lipinski definition) is 6. The predicted octanol–water partition coefficient (Wildman–Crippen LogP) is 2.64. The van der Waals surface area contributed by atoms with Crippen LogP contribution in [0.4, 0.5) is 5.82 Å². The Morgan fingerprint density at radius 3 is 2.72 bits per heavy atom. The predicted molar refractivity (Wildman–Crippen MR) is 100 cm³/mol. The highest BCUT2D eigenvalue weighted by molar-refractivity contribution is 7.11. The van der Waals surface area contributed by atoms with E-state index in [-0.39, 0.29) is 11.9 Å². The topological polar surface area (TPSA) is 62.2 Å². The second-order valence-electron chi connectivity index (χ2n) is 6.90. The molecule has 1 saturated heterocycles. The summed E-state index contributed by atoms with van der Waals surface area (Å²) in [5.41, 5.74) is 0.912. The molecule has 0 N–H and O–H groups in total. The van der Waals surface area contributed by atoms with Crippen LogP contribution in [-0.4, -0.2) is 51.7 Å². The van der Waals surface area contributed by atoms with E-state index in [1.807, 2.05) is 30.2 Å². The van der Waals surface area contributed by atoms with Crippen LogP contribution in [0, 0.1) is 6.92 Å². The molecule has 1 aliphatic heterocycles. The Bertz CT molecular complexity index is 727. The highest BCUT2D eigenvalue weighted by Gasteiger charge is 2.28. The Balaban J connectivity index is 1.59. The molecule has 6 nitrogen and oxygen atoms in total. The molecule has 0 aromatic carbocycles. The fraction of sp³-hybridized carbons (Fsp3) is 0.556. The van der Waals surface area contributed by atoms with Crippen molar-refractivity contribution in [1.29, 1.82) is 0 Å². The van der Waals surface area contributed by atoms with Crippen molar-refractivity contribution in [2.24, 2.45) is 0 Å². The molecule has 0 radical (unpaired) electrons. The van der Waals surface area contributed by atoms with Crippen LogP contribution in [-0.2, 0) is 11.2 Å².